The number of carbonyl (C=O) groups excluding carboxylic acids is 2. The van der Waals surface area contributed by atoms with E-state index in [1.807, 2.05) is 48.5 Å². The van der Waals surface area contributed by atoms with Crippen LogP contribution in [-0.4, -0.2) is 37.4 Å². The second-order valence-electron chi connectivity index (χ2n) is 6.82. The zero-order chi connectivity index (χ0) is 17.8. The normalized spacial score (nSPS) is 18.5. The maximum absolute atomic E-state index is 12.9. The number of carbonyl (C=O) groups is 2. The van der Waals surface area contributed by atoms with E-state index in [9.17, 15) is 9.59 Å². The van der Waals surface area contributed by atoms with Gasteiger partial charge in [0.2, 0.25) is 11.8 Å². The monoisotopic (exact) mass is 336 g/mol. The Balaban J connectivity index is 1.69. The number of nitrogens with zero attached hydrogens (tertiary/aromatic N) is 2. The molecule has 1 saturated carbocycles. The van der Waals surface area contributed by atoms with E-state index in [2.05, 4.69) is 12.1 Å². The lowest BCUT2D eigenvalue weighted by Crippen LogP contribution is -2.40. The molecule has 1 aliphatic rings. The highest BCUT2D eigenvalue weighted by atomic mass is 16.2. The average molecular weight is 336 g/mol. The van der Waals surface area contributed by atoms with Crippen LogP contribution >= 0.6 is 0 Å². The molecule has 0 N–H and O–H groups in total. The Morgan fingerprint density at radius 3 is 2.12 bits per heavy atom. The molecule has 2 aromatic carbocycles. The Kier molecular flexibility index (Phi) is 5.17. The van der Waals surface area contributed by atoms with Gasteiger partial charge in [-0.05, 0) is 36.0 Å². The van der Waals surface area contributed by atoms with Crippen LogP contribution < -0.4 is 4.90 Å². The Bertz CT molecular complexity index is 728. The zero-order valence-electron chi connectivity index (χ0n) is 14.8. The molecular formula is C21H24N2O2. The smallest absolute Gasteiger partial charge is 0.242 e. The van der Waals surface area contributed by atoms with E-state index in [0.717, 1.165) is 12.1 Å². The van der Waals surface area contributed by atoms with Gasteiger partial charge in [-0.15, -0.1) is 0 Å². The maximum atomic E-state index is 12.9. The largest absolute Gasteiger partial charge is 0.347 e. The predicted octanol–water partition coefficient (Wildman–Crippen LogP) is 3.30. The first-order chi connectivity index (χ1) is 12.1. The quantitative estimate of drug-likeness (QED) is 0.812. The third-order valence-corrected chi connectivity index (χ3v) is 4.75. The summed E-state index contributed by atoms with van der Waals surface area (Å²) in [5.41, 5.74) is 2.08. The van der Waals surface area contributed by atoms with Gasteiger partial charge in [-0.25, -0.2) is 0 Å². The van der Waals surface area contributed by atoms with E-state index < -0.39 is 0 Å². The van der Waals surface area contributed by atoms with Gasteiger partial charge in [0, 0.05) is 26.2 Å². The Labute approximate surface area is 149 Å². The molecule has 0 heterocycles. The van der Waals surface area contributed by atoms with Crippen molar-refractivity contribution in [3.05, 3.63) is 66.2 Å². The van der Waals surface area contributed by atoms with Crippen molar-refractivity contribution in [3.63, 3.8) is 0 Å². The van der Waals surface area contributed by atoms with Crippen LogP contribution in [-0.2, 0) is 9.59 Å². The molecule has 0 radical (unpaired) electrons. The van der Waals surface area contributed by atoms with Crippen molar-refractivity contribution in [1.82, 2.24) is 4.90 Å². The van der Waals surface area contributed by atoms with Crippen LogP contribution in [0, 0.1) is 5.92 Å². The minimum Gasteiger partial charge on any atom is -0.347 e. The molecule has 0 aromatic heterocycles. The summed E-state index contributed by atoms with van der Waals surface area (Å²) in [5.74, 6) is 0.778. The van der Waals surface area contributed by atoms with Crippen molar-refractivity contribution in [2.45, 2.75) is 18.8 Å². The van der Waals surface area contributed by atoms with Crippen molar-refractivity contribution < 1.29 is 9.59 Å². The van der Waals surface area contributed by atoms with Crippen LogP contribution in [0.4, 0.5) is 5.69 Å². The summed E-state index contributed by atoms with van der Waals surface area (Å²) in [6, 6.07) is 19.8. The molecule has 0 unspecified atom stereocenters. The summed E-state index contributed by atoms with van der Waals surface area (Å²) < 4.78 is 0. The molecular weight excluding hydrogens is 312 g/mol. The number of likely N-dealkylation sites (N-methyl/N-ethyl adjacent to an activating group) is 1. The van der Waals surface area contributed by atoms with Gasteiger partial charge in [-0.3, -0.25) is 9.59 Å². The molecule has 0 bridgehead atoms. The summed E-state index contributed by atoms with van der Waals surface area (Å²) in [5, 5.41) is 0. The molecule has 2 aromatic rings. The van der Waals surface area contributed by atoms with Crippen molar-refractivity contribution in [3.8, 4) is 0 Å². The topological polar surface area (TPSA) is 40.6 Å². The van der Waals surface area contributed by atoms with Crippen molar-refractivity contribution >= 4 is 17.5 Å². The van der Waals surface area contributed by atoms with Gasteiger partial charge in [0.25, 0.3) is 0 Å². The number of amides is 2. The van der Waals surface area contributed by atoms with E-state index in [1.54, 1.807) is 19.0 Å². The Morgan fingerprint density at radius 1 is 0.920 bits per heavy atom. The van der Waals surface area contributed by atoms with Crippen LogP contribution in [0.3, 0.4) is 0 Å². The highest BCUT2D eigenvalue weighted by molar-refractivity contribution is 5.98. The molecule has 2 amide bonds. The number of benzene rings is 2. The highest BCUT2D eigenvalue weighted by Crippen LogP contribution is 2.49. The number of rotatable bonds is 6. The van der Waals surface area contributed by atoms with Crippen LogP contribution in [0.25, 0.3) is 0 Å². The lowest BCUT2D eigenvalue weighted by atomic mass is 10.1. The Morgan fingerprint density at radius 2 is 1.52 bits per heavy atom. The van der Waals surface area contributed by atoms with E-state index in [-0.39, 0.29) is 18.4 Å². The molecule has 25 heavy (non-hydrogen) atoms. The molecule has 1 aliphatic carbocycles. The Hall–Kier alpha value is -2.62. The minimum absolute atomic E-state index is 0.0184. The fraction of sp³-hybridized carbons (Fsp3) is 0.333. The summed E-state index contributed by atoms with van der Waals surface area (Å²) >= 11 is 0. The first-order valence-electron chi connectivity index (χ1n) is 8.66. The van der Waals surface area contributed by atoms with Gasteiger partial charge in [-0.1, -0.05) is 48.5 Å². The lowest BCUT2D eigenvalue weighted by molar-refractivity contribution is -0.129. The second kappa shape index (κ2) is 7.51. The fourth-order valence-electron chi connectivity index (χ4n) is 3.12. The summed E-state index contributed by atoms with van der Waals surface area (Å²) in [4.78, 5) is 28.2. The predicted molar refractivity (Wildman–Crippen MR) is 99.4 cm³/mol. The second-order valence-corrected chi connectivity index (χ2v) is 6.82. The SMILES string of the molecule is CN(C)C(=O)CN(C(=O)C[C@@H]1C[C@H]1c1ccccc1)c1ccccc1. The molecule has 4 heteroatoms. The molecule has 4 nitrogen and oxygen atoms in total. The van der Waals surface area contributed by atoms with Gasteiger partial charge in [0.1, 0.15) is 6.54 Å². The standard InChI is InChI=1S/C21H24N2O2/c1-22(2)21(25)15-23(18-11-7-4-8-12-18)20(24)14-17-13-19(17)16-9-5-3-6-10-16/h3-12,17,19H,13-15H2,1-2H3/t17-,19-/m0/s1. The van der Waals surface area contributed by atoms with E-state index >= 15 is 0 Å². The van der Waals surface area contributed by atoms with E-state index in [4.69, 9.17) is 0 Å². The van der Waals surface area contributed by atoms with Crippen molar-refractivity contribution in [2.75, 3.05) is 25.5 Å². The number of hydrogen-bond donors (Lipinski definition) is 0. The third kappa shape index (κ3) is 4.27. The maximum Gasteiger partial charge on any atom is 0.242 e. The van der Waals surface area contributed by atoms with E-state index in [0.29, 0.717) is 18.3 Å². The van der Waals surface area contributed by atoms with Gasteiger partial charge >= 0.3 is 0 Å². The average Bonchev–Trinajstić information content (AvgIpc) is 3.39. The number of anilines is 1. The van der Waals surface area contributed by atoms with Gasteiger partial charge < -0.3 is 9.80 Å². The third-order valence-electron chi connectivity index (χ3n) is 4.75. The molecule has 0 saturated heterocycles. The zero-order valence-corrected chi connectivity index (χ0v) is 14.8. The summed E-state index contributed by atoms with van der Waals surface area (Å²) in [6.07, 6.45) is 1.52. The highest BCUT2D eigenvalue weighted by Gasteiger charge is 2.40. The van der Waals surface area contributed by atoms with Crippen LogP contribution in [0.5, 0.6) is 0 Å². The fourth-order valence-corrected chi connectivity index (χ4v) is 3.12. The molecule has 0 spiro atoms. The summed E-state index contributed by atoms with van der Waals surface area (Å²) in [7, 11) is 3.42. The van der Waals surface area contributed by atoms with Gasteiger partial charge in [0.15, 0.2) is 0 Å². The van der Waals surface area contributed by atoms with Crippen LogP contribution in [0.2, 0.25) is 0 Å². The molecule has 3 rings (SSSR count). The first-order valence-corrected chi connectivity index (χ1v) is 8.66. The van der Waals surface area contributed by atoms with Crippen molar-refractivity contribution in [2.24, 2.45) is 5.92 Å². The van der Waals surface area contributed by atoms with Crippen molar-refractivity contribution in [1.29, 1.82) is 0 Å². The molecule has 130 valence electrons. The number of hydrogen-bond acceptors (Lipinski definition) is 2. The van der Waals surface area contributed by atoms with Gasteiger partial charge in [-0.2, -0.15) is 0 Å². The van der Waals surface area contributed by atoms with E-state index in [1.165, 1.54) is 10.5 Å². The first kappa shape index (κ1) is 17.2. The number of para-hydroxylation sites is 1. The summed E-state index contributed by atoms with van der Waals surface area (Å²) in [6.45, 7) is 0.0819. The molecule has 2 atom stereocenters. The molecule has 1 fully saturated rings. The van der Waals surface area contributed by atoms with Crippen LogP contribution in [0.1, 0.15) is 24.3 Å². The minimum atomic E-state index is -0.0763. The van der Waals surface area contributed by atoms with Gasteiger partial charge in [0.05, 0.1) is 0 Å². The molecule has 0 aliphatic heterocycles. The lowest BCUT2D eigenvalue weighted by Gasteiger charge is -2.24. The van der Waals surface area contributed by atoms with Crippen LogP contribution in [0.15, 0.2) is 60.7 Å².